The largest absolute Gasteiger partial charge is 0.493 e. The van der Waals surface area contributed by atoms with Crippen LogP contribution in [0, 0.1) is 10.1 Å². The van der Waals surface area contributed by atoms with Crippen molar-refractivity contribution >= 4 is 11.5 Å². The first-order valence-electron chi connectivity index (χ1n) is 7.58. The topological polar surface area (TPSA) is 78.7 Å². The van der Waals surface area contributed by atoms with E-state index in [9.17, 15) is 14.9 Å². The van der Waals surface area contributed by atoms with Gasteiger partial charge in [0.1, 0.15) is 0 Å². The van der Waals surface area contributed by atoms with Gasteiger partial charge in [0, 0.05) is 11.6 Å². The molecule has 0 aliphatic heterocycles. The van der Waals surface area contributed by atoms with Gasteiger partial charge in [0.15, 0.2) is 17.6 Å². The number of nitro groups is 1. The van der Waals surface area contributed by atoms with Gasteiger partial charge in [-0.1, -0.05) is 31.2 Å². The fourth-order valence-corrected chi connectivity index (χ4v) is 2.25. The number of carbonyl (C=O) groups is 1. The van der Waals surface area contributed by atoms with Gasteiger partial charge in [-0.3, -0.25) is 14.9 Å². The van der Waals surface area contributed by atoms with Gasteiger partial charge in [0.2, 0.25) is 5.78 Å². The Balaban J connectivity index is 2.21. The van der Waals surface area contributed by atoms with E-state index in [1.54, 1.807) is 19.1 Å². The minimum Gasteiger partial charge on any atom is -0.493 e. The predicted octanol–water partition coefficient (Wildman–Crippen LogP) is 3.82. The summed E-state index contributed by atoms with van der Waals surface area (Å²) in [5.74, 6) is 0.297. The molecule has 1 atom stereocenters. The molecule has 0 saturated carbocycles. The van der Waals surface area contributed by atoms with Crippen molar-refractivity contribution < 1.29 is 19.2 Å². The van der Waals surface area contributed by atoms with E-state index in [1.807, 2.05) is 19.1 Å². The van der Waals surface area contributed by atoms with E-state index in [-0.39, 0.29) is 17.2 Å². The van der Waals surface area contributed by atoms with Crippen LogP contribution in [0.1, 0.15) is 29.8 Å². The molecule has 0 heterocycles. The molecule has 2 aromatic rings. The zero-order chi connectivity index (χ0) is 17.7. The Labute approximate surface area is 140 Å². The van der Waals surface area contributed by atoms with Crippen LogP contribution in [0.3, 0.4) is 0 Å². The number of nitrogens with zero attached hydrogens (tertiary/aromatic N) is 1. The highest BCUT2D eigenvalue weighted by Gasteiger charge is 2.20. The predicted molar refractivity (Wildman–Crippen MR) is 89.9 cm³/mol. The number of methoxy groups -OCH3 is 1. The van der Waals surface area contributed by atoms with Crippen LogP contribution in [-0.2, 0) is 6.42 Å². The Morgan fingerprint density at radius 3 is 2.38 bits per heavy atom. The van der Waals surface area contributed by atoms with Gasteiger partial charge in [-0.05, 0) is 25.0 Å². The highest BCUT2D eigenvalue weighted by atomic mass is 16.6. The summed E-state index contributed by atoms with van der Waals surface area (Å²) in [6.45, 7) is 3.64. The van der Waals surface area contributed by atoms with Crippen molar-refractivity contribution in [3.8, 4) is 11.5 Å². The van der Waals surface area contributed by atoms with Crippen molar-refractivity contribution in [3.05, 3.63) is 63.7 Å². The molecule has 0 aromatic heterocycles. The molecule has 6 nitrogen and oxygen atoms in total. The van der Waals surface area contributed by atoms with Gasteiger partial charge in [-0.2, -0.15) is 0 Å². The van der Waals surface area contributed by atoms with E-state index in [4.69, 9.17) is 9.47 Å². The third kappa shape index (κ3) is 3.90. The molecule has 24 heavy (non-hydrogen) atoms. The van der Waals surface area contributed by atoms with Crippen molar-refractivity contribution in [3.63, 3.8) is 0 Å². The quantitative estimate of drug-likeness (QED) is 0.438. The highest BCUT2D eigenvalue weighted by Crippen LogP contribution is 2.32. The van der Waals surface area contributed by atoms with E-state index in [2.05, 4.69) is 0 Å². The molecular weight excluding hydrogens is 310 g/mol. The second-order valence-corrected chi connectivity index (χ2v) is 5.27. The van der Waals surface area contributed by atoms with Gasteiger partial charge in [0.25, 0.3) is 5.69 Å². The molecule has 0 spiro atoms. The number of benzene rings is 2. The maximum Gasteiger partial charge on any atom is 0.273 e. The van der Waals surface area contributed by atoms with Gasteiger partial charge >= 0.3 is 0 Å². The highest BCUT2D eigenvalue weighted by molar-refractivity contribution is 5.99. The van der Waals surface area contributed by atoms with Crippen LogP contribution in [0.2, 0.25) is 0 Å². The maximum atomic E-state index is 12.5. The van der Waals surface area contributed by atoms with Crippen LogP contribution >= 0.6 is 0 Å². The van der Waals surface area contributed by atoms with Crippen molar-refractivity contribution in [1.29, 1.82) is 0 Å². The lowest BCUT2D eigenvalue weighted by Crippen LogP contribution is -2.24. The summed E-state index contributed by atoms with van der Waals surface area (Å²) in [4.78, 5) is 22.8. The summed E-state index contributed by atoms with van der Waals surface area (Å²) in [5.41, 5.74) is 1.54. The van der Waals surface area contributed by atoms with E-state index in [0.29, 0.717) is 11.3 Å². The number of ketones is 1. The van der Waals surface area contributed by atoms with Crippen molar-refractivity contribution in [2.45, 2.75) is 26.4 Å². The molecule has 2 rings (SSSR count). The lowest BCUT2D eigenvalue weighted by Gasteiger charge is -2.16. The molecule has 0 radical (unpaired) electrons. The Bertz CT molecular complexity index is 740. The first kappa shape index (κ1) is 17.5. The molecule has 0 bridgehead atoms. The average molecular weight is 329 g/mol. The van der Waals surface area contributed by atoms with Gasteiger partial charge in [-0.25, -0.2) is 0 Å². The second-order valence-electron chi connectivity index (χ2n) is 5.27. The van der Waals surface area contributed by atoms with Crippen LogP contribution in [0.25, 0.3) is 0 Å². The SMILES string of the molecule is CCc1ccc(C(=O)[C@@H](C)Oc2cc([N+](=O)[O-])ccc2OC)cc1. The Hall–Kier alpha value is -2.89. The van der Waals surface area contributed by atoms with Crippen LogP contribution < -0.4 is 9.47 Å². The monoisotopic (exact) mass is 329 g/mol. The molecule has 0 aliphatic rings. The molecule has 126 valence electrons. The van der Waals surface area contributed by atoms with Crippen molar-refractivity contribution in [2.24, 2.45) is 0 Å². The molecule has 2 aromatic carbocycles. The lowest BCUT2D eigenvalue weighted by molar-refractivity contribution is -0.385. The summed E-state index contributed by atoms with van der Waals surface area (Å²) < 4.78 is 10.8. The third-order valence-electron chi connectivity index (χ3n) is 3.68. The molecule has 0 aliphatic carbocycles. The summed E-state index contributed by atoms with van der Waals surface area (Å²) in [6.07, 6.45) is 0.0965. The number of carbonyl (C=O) groups excluding carboxylic acids is 1. The van der Waals surface area contributed by atoms with Gasteiger partial charge in [0.05, 0.1) is 18.1 Å². The molecular formula is C18H19NO5. The van der Waals surface area contributed by atoms with Crippen molar-refractivity contribution in [1.82, 2.24) is 0 Å². The number of Topliss-reactive ketones (excluding diaryl/α,β-unsaturated/α-hetero) is 1. The number of non-ortho nitro benzene ring substituents is 1. The second kappa shape index (κ2) is 7.59. The van der Waals surface area contributed by atoms with Crippen LogP contribution in [0.5, 0.6) is 11.5 Å². The summed E-state index contributed by atoms with van der Waals surface area (Å²) in [7, 11) is 1.43. The average Bonchev–Trinajstić information content (AvgIpc) is 2.60. The molecule has 0 unspecified atom stereocenters. The number of rotatable bonds is 7. The number of aryl methyl sites for hydroxylation is 1. The van der Waals surface area contributed by atoms with E-state index >= 15 is 0 Å². The van der Waals surface area contributed by atoms with E-state index in [0.717, 1.165) is 12.0 Å². The Morgan fingerprint density at radius 2 is 1.83 bits per heavy atom. The normalized spacial score (nSPS) is 11.6. The zero-order valence-corrected chi connectivity index (χ0v) is 13.8. The first-order valence-corrected chi connectivity index (χ1v) is 7.58. The third-order valence-corrected chi connectivity index (χ3v) is 3.68. The maximum absolute atomic E-state index is 12.5. The standard InChI is InChI=1S/C18H19NO5/c1-4-13-5-7-14(8-6-13)18(20)12(2)24-17-11-15(19(21)22)9-10-16(17)23-3/h5-12H,4H2,1-3H3/t12-/m1/s1. The summed E-state index contributed by atoms with van der Waals surface area (Å²) >= 11 is 0. The number of ether oxygens (including phenoxy) is 2. The fourth-order valence-electron chi connectivity index (χ4n) is 2.25. The zero-order valence-electron chi connectivity index (χ0n) is 13.8. The Morgan fingerprint density at radius 1 is 1.17 bits per heavy atom. The van der Waals surface area contributed by atoms with E-state index < -0.39 is 11.0 Å². The number of nitro benzene ring substituents is 1. The molecule has 0 N–H and O–H groups in total. The Kier molecular flexibility index (Phi) is 5.52. The molecule has 0 fully saturated rings. The van der Waals surface area contributed by atoms with Gasteiger partial charge < -0.3 is 9.47 Å². The summed E-state index contributed by atoms with van der Waals surface area (Å²) in [6, 6.07) is 11.3. The first-order chi connectivity index (χ1) is 11.5. The molecule has 0 saturated heterocycles. The van der Waals surface area contributed by atoms with Crippen LogP contribution in [0.4, 0.5) is 5.69 Å². The van der Waals surface area contributed by atoms with E-state index in [1.165, 1.54) is 25.3 Å². The smallest absolute Gasteiger partial charge is 0.273 e. The number of hydrogen-bond donors (Lipinski definition) is 0. The summed E-state index contributed by atoms with van der Waals surface area (Å²) in [5, 5.41) is 10.9. The van der Waals surface area contributed by atoms with Crippen molar-refractivity contribution in [2.75, 3.05) is 7.11 Å². The number of hydrogen-bond acceptors (Lipinski definition) is 5. The molecule has 0 amide bonds. The minimum atomic E-state index is -0.798. The fraction of sp³-hybridized carbons (Fsp3) is 0.278. The van der Waals surface area contributed by atoms with Crippen LogP contribution in [0.15, 0.2) is 42.5 Å². The van der Waals surface area contributed by atoms with Gasteiger partial charge in [-0.15, -0.1) is 0 Å². The molecule has 6 heteroatoms. The lowest BCUT2D eigenvalue weighted by atomic mass is 10.0. The minimum absolute atomic E-state index is 0.127. The van der Waals surface area contributed by atoms with Crippen LogP contribution in [-0.4, -0.2) is 23.9 Å².